The van der Waals surface area contributed by atoms with Crippen molar-refractivity contribution in [3.8, 4) is 11.8 Å². The van der Waals surface area contributed by atoms with Crippen LogP contribution in [0.15, 0.2) is 30.7 Å². The lowest BCUT2D eigenvalue weighted by Gasteiger charge is -2.12. The summed E-state index contributed by atoms with van der Waals surface area (Å²) in [5.41, 5.74) is 1.41. The molecule has 0 unspecified atom stereocenters. The number of alkyl halides is 3. The molecular formula is C16H14ClF3N4O. The van der Waals surface area contributed by atoms with Crippen molar-refractivity contribution in [1.82, 2.24) is 19.7 Å². The van der Waals surface area contributed by atoms with Gasteiger partial charge in [0.05, 0.1) is 23.6 Å². The van der Waals surface area contributed by atoms with E-state index in [1.165, 1.54) is 17.1 Å². The minimum absolute atomic E-state index is 0.0644. The highest BCUT2D eigenvalue weighted by Gasteiger charge is 2.26. The van der Waals surface area contributed by atoms with E-state index in [4.69, 9.17) is 16.3 Å². The number of aromatic nitrogens is 4. The van der Waals surface area contributed by atoms with Gasteiger partial charge in [0, 0.05) is 18.4 Å². The molecule has 2 heterocycles. The van der Waals surface area contributed by atoms with E-state index in [2.05, 4.69) is 15.1 Å². The van der Waals surface area contributed by atoms with Crippen molar-refractivity contribution in [2.24, 2.45) is 0 Å². The van der Waals surface area contributed by atoms with Crippen molar-refractivity contribution in [2.45, 2.75) is 32.5 Å². The lowest BCUT2D eigenvalue weighted by molar-refractivity contribution is -0.135. The van der Waals surface area contributed by atoms with E-state index in [1.807, 2.05) is 19.1 Å². The molecule has 0 spiro atoms. The number of hydrogen-bond donors (Lipinski definition) is 0. The Morgan fingerprint density at radius 2 is 1.88 bits per heavy atom. The average Bonchev–Trinajstić information content (AvgIpc) is 2.94. The summed E-state index contributed by atoms with van der Waals surface area (Å²) in [7, 11) is 0. The third kappa shape index (κ3) is 4.19. The van der Waals surface area contributed by atoms with Crippen LogP contribution < -0.4 is 4.74 Å². The molecule has 1 aromatic carbocycles. The molecule has 25 heavy (non-hydrogen) atoms. The van der Waals surface area contributed by atoms with Crippen LogP contribution in [-0.4, -0.2) is 25.9 Å². The molecule has 0 fully saturated rings. The van der Waals surface area contributed by atoms with Crippen LogP contribution in [0.5, 0.6) is 11.8 Å². The molecule has 0 saturated heterocycles. The van der Waals surface area contributed by atoms with E-state index in [0.717, 1.165) is 10.9 Å². The van der Waals surface area contributed by atoms with E-state index >= 15 is 0 Å². The van der Waals surface area contributed by atoms with Crippen molar-refractivity contribution in [2.75, 3.05) is 0 Å². The van der Waals surface area contributed by atoms with Crippen LogP contribution in [0.4, 0.5) is 13.2 Å². The van der Waals surface area contributed by atoms with Crippen LogP contribution in [0.3, 0.4) is 0 Å². The molecule has 9 heteroatoms. The quantitative estimate of drug-likeness (QED) is 0.639. The van der Waals surface area contributed by atoms with Gasteiger partial charge in [-0.25, -0.2) is 9.97 Å². The Labute approximate surface area is 146 Å². The molecule has 0 amide bonds. The number of hydrogen-bond acceptors (Lipinski definition) is 4. The molecule has 0 aliphatic rings. The zero-order chi connectivity index (χ0) is 18.0. The molecule has 0 saturated carbocycles. The lowest BCUT2D eigenvalue weighted by atomic mass is 10.1. The number of benzene rings is 1. The van der Waals surface area contributed by atoms with Crippen LogP contribution in [-0.2, 0) is 6.54 Å². The van der Waals surface area contributed by atoms with Gasteiger partial charge in [-0.15, -0.1) is 0 Å². The number of fused-ring (bicyclic) bond motifs is 1. The second-order valence-corrected chi connectivity index (χ2v) is 5.96. The first-order valence-electron chi connectivity index (χ1n) is 7.51. The van der Waals surface area contributed by atoms with E-state index in [9.17, 15) is 13.2 Å². The molecule has 3 rings (SSSR count). The molecule has 5 nitrogen and oxygen atoms in total. The van der Waals surface area contributed by atoms with Crippen LogP contribution in [0.25, 0.3) is 10.9 Å². The number of aryl methyl sites for hydroxylation is 2. The molecule has 0 aliphatic carbocycles. The topological polar surface area (TPSA) is 52.8 Å². The Morgan fingerprint density at radius 1 is 1.16 bits per heavy atom. The van der Waals surface area contributed by atoms with Gasteiger partial charge in [-0.3, -0.25) is 4.68 Å². The fraction of sp³-hybridized carbons (Fsp3) is 0.312. The van der Waals surface area contributed by atoms with Gasteiger partial charge in [-0.2, -0.15) is 18.3 Å². The van der Waals surface area contributed by atoms with Crippen molar-refractivity contribution >= 4 is 22.5 Å². The van der Waals surface area contributed by atoms with Crippen LogP contribution in [0, 0.1) is 6.92 Å². The van der Waals surface area contributed by atoms with Gasteiger partial charge in [0.1, 0.15) is 5.52 Å². The summed E-state index contributed by atoms with van der Waals surface area (Å²) in [6.45, 7) is 1.96. The Hall–Kier alpha value is -2.35. The Bertz CT molecular complexity index is 877. The van der Waals surface area contributed by atoms with Gasteiger partial charge >= 0.3 is 12.2 Å². The normalized spacial score (nSPS) is 11.9. The largest absolute Gasteiger partial charge is 0.422 e. The lowest BCUT2D eigenvalue weighted by Crippen LogP contribution is -2.10. The zero-order valence-corrected chi connectivity index (χ0v) is 14.0. The molecule has 0 atom stereocenters. The van der Waals surface area contributed by atoms with Crippen molar-refractivity contribution in [3.05, 3.63) is 41.3 Å². The van der Waals surface area contributed by atoms with E-state index in [1.54, 1.807) is 6.20 Å². The zero-order valence-electron chi connectivity index (χ0n) is 13.2. The molecule has 132 valence electrons. The number of ether oxygens (including phenoxy) is 1. The first-order chi connectivity index (χ1) is 11.8. The fourth-order valence-corrected chi connectivity index (χ4v) is 2.52. The minimum Gasteiger partial charge on any atom is -0.422 e. The van der Waals surface area contributed by atoms with Gasteiger partial charge in [0.25, 0.3) is 0 Å². The van der Waals surface area contributed by atoms with Gasteiger partial charge in [0.15, 0.2) is 5.75 Å². The first kappa shape index (κ1) is 17.5. The molecule has 3 aromatic rings. The van der Waals surface area contributed by atoms with Crippen molar-refractivity contribution in [1.29, 1.82) is 0 Å². The predicted molar refractivity (Wildman–Crippen MR) is 86.9 cm³/mol. The predicted octanol–water partition coefficient (Wildman–Crippen LogP) is 4.92. The maximum atomic E-state index is 12.4. The number of rotatable bonds is 5. The van der Waals surface area contributed by atoms with E-state index in [0.29, 0.717) is 16.3 Å². The highest BCUT2D eigenvalue weighted by molar-refractivity contribution is 6.30. The smallest absolute Gasteiger partial charge is 0.389 e. The van der Waals surface area contributed by atoms with Gasteiger partial charge in [-0.05, 0) is 18.9 Å². The highest BCUT2D eigenvalue weighted by Crippen LogP contribution is 2.33. The molecular weight excluding hydrogens is 357 g/mol. The Morgan fingerprint density at radius 3 is 2.56 bits per heavy atom. The summed E-state index contributed by atoms with van der Waals surface area (Å²) in [6, 6.07) is 3.78. The molecule has 0 N–H and O–H groups in total. The Kier molecular flexibility index (Phi) is 4.80. The standard InChI is InChI=1S/C16H14ClF3N4O/c1-10-3-4-11-7-23-24(6-2-5-16(18,19)20)13(11)14(10)25-15-21-8-12(17)9-22-15/h3-4,7-9H,2,5-6H2,1H3. The summed E-state index contributed by atoms with van der Waals surface area (Å²) in [5, 5.41) is 5.32. The third-order valence-corrected chi connectivity index (χ3v) is 3.77. The van der Waals surface area contributed by atoms with Gasteiger partial charge in [0.2, 0.25) is 0 Å². The number of halogens is 4. The minimum atomic E-state index is -4.19. The molecule has 0 bridgehead atoms. The van der Waals surface area contributed by atoms with Crippen molar-refractivity contribution < 1.29 is 17.9 Å². The maximum absolute atomic E-state index is 12.4. The van der Waals surface area contributed by atoms with E-state index < -0.39 is 12.6 Å². The summed E-state index contributed by atoms with van der Waals surface area (Å²) < 4.78 is 44.4. The average molecular weight is 371 g/mol. The van der Waals surface area contributed by atoms with Crippen LogP contribution in [0.2, 0.25) is 5.02 Å². The third-order valence-electron chi connectivity index (χ3n) is 3.57. The highest BCUT2D eigenvalue weighted by atomic mass is 35.5. The second-order valence-electron chi connectivity index (χ2n) is 5.52. The number of nitrogens with zero attached hydrogens (tertiary/aromatic N) is 4. The van der Waals surface area contributed by atoms with Gasteiger partial charge in [-0.1, -0.05) is 23.7 Å². The molecule has 2 aromatic heterocycles. The fourth-order valence-electron chi connectivity index (χ4n) is 2.42. The summed E-state index contributed by atoms with van der Waals surface area (Å²) in [6.07, 6.45) is -0.713. The summed E-state index contributed by atoms with van der Waals surface area (Å²) in [4.78, 5) is 7.97. The van der Waals surface area contributed by atoms with Gasteiger partial charge < -0.3 is 4.74 Å². The summed E-state index contributed by atoms with van der Waals surface area (Å²) in [5.74, 6) is 0.462. The van der Waals surface area contributed by atoms with Crippen LogP contribution in [0.1, 0.15) is 18.4 Å². The maximum Gasteiger partial charge on any atom is 0.389 e. The van der Waals surface area contributed by atoms with Crippen molar-refractivity contribution in [3.63, 3.8) is 0 Å². The SMILES string of the molecule is Cc1ccc2cnn(CCCC(F)(F)F)c2c1Oc1ncc(Cl)cn1. The molecule has 0 aliphatic heterocycles. The Balaban J connectivity index is 1.92. The summed E-state index contributed by atoms with van der Waals surface area (Å²) >= 11 is 5.76. The van der Waals surface area contributed by atoms with E-state index in [-0.39, 0.29) is 19.0 Å². The monoisotopic (exact) mass is 370 g/mol. The first-order valence-corrected chi connectivity index (χ1v) is 7.88. The molecule has 0 radical (unpaired) electrons. The second kappa shape index (κ2) is 6.87. The van der Waals surface area contributed by atoms with Crippen LogP contribution >= 0.6 is 11.6 Å².